The van der Waals surface area contributed by atoms with Crippen LogP contribution in [0.15, 0.2) is 31.1 Å². The second-order valence-electron chi connectivity index (χ2n) is 6.40. The number of piperidine rings is 1. The Morgan fingerprint density at radius 3 is 2.86 bits per heavy atom. The van der Waals surface area contributed by atoms with Crippen LogP contribution in [0.25, 0.3) is 6.08 Å². The molecule has 1 aliphatic heterocycles. The third-order valence-corrected chi connectivity index (χ3v) is 4.95. The molecule has 2 unspecified atom stereocenters. The molecular weight excluding hydrogens is 272 g/mol. The molecule has 0 bridgehead atoms. The van der Waals surface area contributed by atoms with Gasteiger partial charge in [-0.2, -0.15) is 0 Å². The van der Waals surface area contributed by atoms with E-state index in [-0.39, 0.29) is 0 Å². The summed E-state index contributed by atoms with van der Waals surface area (Å²) in [6, 6.07) is 4.36. The van der Waals surface area contributed by atoms with Crippen LogP contribution in [-0.2, 0) is 13.0 Å². The van der Waals surface area contributed by atoms with Crippen molar-refractivity contribution in [2.45, 2.75) is 26.3 Å². The summed E-state index contributed by atoms with van der Waals surface area (Å²) in [7, 11) is 0. The van der Waals surface area contributed by atoms with Crippen molar-refractivity contribution in [2.24, 2.45) is 11.8 Å². The minimum absolute atomic E-state index is 0.809. The van der Waals surface area contributed by atoms with Crippen LogP contribution >= 0.6 is 0 Å². The van der Waals surface area contributed by atoms with E-state index in [0.29, 0.717) is 0 Å². The molecule has 114 valence electrons. The number of hydrogen-bond donors (Lipinski definition) is 0. The smallest absolute Gasteiger partial charge is 0.129 e. The number of anilines is 1. The summed E-state index contributed by atoms with van der Waals surface area (Å²) >= 11 is 0. The minimum Gasteiger partial charge on any atom is -0.356 e. The maximum Gasteiger partial charge on any atom is 0.129 e. The van der Waals surface area contributed by atoms with Crippen LogP contribution in [0, 0.1) is 11.8 Å². The molecule has 0 radical (unpaired) electrons. The molecule has 0 spiro atoms. The van der Waals surface area contributed by atoms with E-state index in [9.17, 15) is 0 Å². The van der Waals surface area contributed by atoms with Crippen LogP contribution in [0.3, 0.4) is 0 Å². The van der Waals surface area contributed by atoms with Crippen molar-refractivity contribution in [1.82, 2.24) is 14.5 Å². The molecule has 1 saturated heterocycles. The third kappa shape index (κ3) is 2.32. The first kappa shape index (κ1) is 13.6. The van der Waals surface area contributed by atoms with Gasteiger partial charge in [0.2, 0.25) is 0 Å². The van der Waals surface area contributed by atoms with Crippen LogP contribution < -0.4 is 4.90 Å². The molecule has 2 fully saturated rings. The maximum atomic E-state index is 4.84. The Hall–Kier alpha value is -2.10. The number of aromatic nitrogens is 3. The Morgan fingerprint density at radius 2 is 2.14 bits per heavy atom. The first-order valence-electron chi connectivity index (χ1n) is 8.15. The van der Waals surface area contributed by atoms with Crippen molar-refractivity contribution >= 4 is 11.9 Å². The van der Waals surface area contributed by atoms with Crippen molar-refractivity contribution < 1.29 is 0 Å². The van der Waals surface area contributed by atoms with Gasteiger partial charge in [-0.05, 0) is 36.0 Å². The lowest BCUT2D eigenvalue weighted by Crippen LogP contribution is -2.23. The van der Waals surface area contributed by atoms with E-state index in [1.807, 2.05) is 18.5 Å². The van der Waals surface area contributed by atoms with Crippen molar-refractivity contribution in [3.8, 4) is 0 Å². The summed E-state index contributed by atoms with van der Waals surface area (Å²) in [6.45, 7) is 9.24. The normalized spacial score (nSPS) is 22.7. The largest absolute Gasteiger partial charge is 0.356 e. The van der Waals surface area contributed by atoms with Gasteiger partial charge < -0.3 is 9.47 Å². The van der Waals surface area contributed by atoms with Crippen LogP contribution in [0.2, 0.25) is 0 Å². The zero-order chi connectivity index (χ0) is 15.1. The summed E-state index contributed by atoms with van der Waals surface area (Å²) in [6.07, 6.45) is 8.14. The molecule has 2 aliphatic rings. The van der Waals surface area contributed by atoms with Crippen LogP contribution in [0.4, 0.5) is 5.82 Å². The topological polar surface area (TPSA) is 34.0 Å². The lowest BCUT2D eigenvalue weighted by Gasteiger charge is -2.20. The molecule has 0 amide bonds. The number of fused-ring (bicyclic) bond motifs is 1. The molecule has 4 rings (SSSR count). The Morgan fingerprint density at radius 1 is 1.32 bits per heavy atom. The van der Waals surface area contributed by atoms with Crippen molar-refractivity contribution in [3.05, 3.63) is 48.2 Å². The summed E-state index contributed by atoms with van der Waals surface area (Å²) in [4.78, 5) is 11.6. The first-order chi connectivity index (χ1) is 10.8. The first-order valence-corrected chi connectivity index (χ1v) is 8.15. The quantitative estimate of drug-likeness (QED) is 0.850. The molecule has 1 saturated carbocycles. The standard InChI is InChI=1S/C18H22N4/c1-3-16-13(10-21-8-7-19-17(21)4-2)5-6-18(20-16)22-11-14-9-15(14)12-22/h3,5-8,14-15H,1,4,9-12H2,2H3. The van der Waals surface area contributed by atoms with Gasteiger partial charge in [-0.25, -0.2) is 9.97 Å². The average Bonchev–Trinajstić information content (AvgIpc) is 2.97. The lowest BCUT2D eigenvalue weighted by molar-refractivity contribution is 0.727. The summed E-state index contributed by atoms with van der Waals surface area (Å²) in [5.41, 5.74) is 2.20. The van der Waals surface area contributed by atoms with Crippen LogP contribution in [-0.4, -0.2) is 27.6 Å². The number of pyridine rings is 1. The molecule has 4 heteroatoms. The van der Waals surface area contributed by atoms with E-state index in [1.54, 1.807) is 0 Å². The zero-order valence-corrected chi connectivity index (χ0v) is 13.1. The Balaban J connectivity index is 1.58. The fourth-order valence-electron chi connectivity index (χ4n) is 3.55. The number of aryl methyl sites for hydroxylation is 1. The van der Waals surface area contributed by atoms with Crippen molar-refractivity contribution in [1.29, 1.82) is 0 Å². The molecule has 2 aromatic rings. The van der Waals surface area contributed by atoms with Gasteiger partial charge >= 0.3 is 0 Å². The van der Waals surface area contributed by atoms with E-state index in [4.69, 9.17) is 4.98 Å². The molecule has 0 N–H and O–H groups in total. The highest BCUT2D eigenvalue weighted by Gasteiger charge is 2.45. The predicted molar refractivity (Wildman–Crippen MR) is 88.8 cm³/mol. The fraction of sp³-hybridized carbons (Fsp3) is 0.444. The second-order valence-corrected chi connectivity index (χ2v) is 6.40. The number of nitrogens with zero attached hydrogens (tertiary/aromatic N) is 4. The van der Waals surface area contributed by atoms with Gasteiger partial charge in [0.1, 0.15) is 11.6 Å². The summed E-state index contributed by atoms with van der Waals surface area (Å²) in [5, 5.41) is 0. The number of imidazole rings is 1. The number of hydrogen-bond acceptors (Lipinski definition) is 3. The van der Waals surface area contributed by atoms with Gasteiger partial charge in [0.25, 0.3) is 0 Å². The van der Waals surface area contributed by atoms with Gasteiger partial charge in [0, 0.05) is 31.9 Å². The van der Waals surface area contributed by atoms with E-state index >= 15 is 0 Å². The van der Waals surface area contributed by atoms with Gasteiger partial charge in [-0.3, -0.25) is 0 Å². The summed E-state index contributed by atoms with van der Waals surface area (Å²) < 4.78 is 2.19. The zero-order valence-electron chi connectivity index (χ0n) is 13.1. The molecule has 0 aromatic carbocycles. The SMILES string of the molecule is C=Cc1nc(N2CC3CC3C2)ccc1Cn1ccnc1CC. The van der Waals surface area contributed by atoms with Gasteiger partial charge in [-0.1, -0.05) is 19.6 Å². The van der Waals surface area contributed by atoms with Crippen molar-refractivity contribution in [3.63, 3.8) is 0 Å². The molecular formula is C18H22N4. The molecule has 2 atom stereocenters. The maximum absolute atomic E-state index is 4.84. The monoisotopic (exact) mass is 294 g/mol. The Kier molecular flexibility index (Phi) is 3.25. The Labute approximate surface area is 131 Å². The van der Waals surface area contributed by atoms with E-state index in [1.165, 1.54) is 25.1 Å². The highest BCUT2D eigenvalue weighted by molar-refractivity contribution is 5.53. The highest BCUT2D eigenvalue weighted by Crippen LogP contribution is 2.45. The molecule has 22 heavy (non-hydrogen) atoms. The van der Waals surface area contributed by atoms with E-state index in [2.05, 4.69) is 40.1 Å². The van der Waals surface area contributed by atoms with Gasteiger partial charge in [0.15, 0.2) is 0 Å². The van der Waals surface area contributed by atoms with Gasteiger partial charge in [0.05, 0.1) is 12.2 Å². The van der Waals surface area contributed by atoms with Crippen LogP contribution in [0.1, 0.15) is 30.4 Å². The van der Waals surface area contributed by atoms with E-state index < -0.39 is 0 Å². The van der Waals surface area contributed by atoms with Crippen LogP contribution in [0.5, 0.6) is 0 Å². The Bertz CT molecular complexity index is 693. The molecule has 4 nitrogen and oxygen atoms in total. The summed E-state index contributed by atoms with van der Waals surface area (Å²) in [5.74, 6) is 4.06. The molecule has 1 aliphatic carbocycles. The fourth-order valence-corrected chi connectivity index (χ4v) is 3.55. The lowest BCUT2D eigenvalue weighted by atomic mass is 10.1. The minimum atomic E-state index is 0.809. The second kappa shape index (κ2) is 5.27. The van der Waals surface area contributed by atoms with Crippen molar-refractivity contribution in [2.75, 3.05) is 18.0 Å². The van der Waals surface area contributed by atoms with E-state index in [0.717, 1.165) is 42.1 Å². The number of rotatable bonds is 5. The molecule has 3 heterocycles. The van der Waals surface area contributed by atoms with Gasteiger partial charge in [-0.15, -0.1) is 0 Å². The molecule has 2 aromatic heterocycles. The highest BCUT2D eigenvalue weighted by atomic mass is 15.2. The third-order valence-electron chi connectivity index (χ3n) is 4.95. The predicted octanol–water partition coefficient (Wildman–Crippen LogP) is 2.99. The average molecular weight is 294 g/mol.